The van der Waals surface area contributed by atoms with Crippen molar-refractivity contribution in [3.63, 3.8) is 0 Å². The Morgan fingerprint density at radius 3 is 2.62 bits per heavy atom. The monoisotopic (exact) mass is 182 g/mol. The van der Waals surface area contributed by atoms with Gasteiger partial charge in [0.25, 0.3) is 0 Å². The fraction of sp³-hybridized carbons (Fsp3) is 0.727. The zero-order valence-corrected chi connectivity index (χ0v) is 8.89. The van der Waals surface area contributed by atoms with E-state index in [2.05, 4.69) is 20.8 Å². The smallest absolute Gasteiger partial charge is 0.333 e. The summed E-state index contributed by atoms with van der Waals surface area (Å²) in [5.74, 6) is 0.206. The van der Waals surface area contributed by atoms with Crippen LogP contribution in [-0.2, 0) is 9.53 Å². The highest BCUT2D eigenvalue weighted by Crippen LogP contribution is 2.40. The van der Waals surface area contributed by atoms with Gasteiger partial charge in [0.1, 0.15) is 0 Å². The number of ether oxygens (including phenoxy) is 1. The van der Waals surface area contributed by atoms with Crippen LogP contribution in [0, 0.1) is 11.3 Å². The average molecular weight is 182 g/mol. The average Bonchev–Trinajstić information content (AvgIpc) is 2.49. The second-order valence-corrected chi connectivity index (χ2v) is 4.65. The Morgan fingerprint density at radius 1 is 1.54 bits per heavy atom. The predicted molar refractivity (Wildman–Crippen MR) is 52.3 cm³/mol. The molecule has 0 fully saturated rings. The molecular weight excluding hydrogens is 164 g/mol. The van der Waals surface area contributed by atoms with Crippen LogP contribution in [0.4, 0.5) is 0 Å². The van der Waals surface area contributed by atoms with E-state index in [0.717, 1.165) is 18.4 Å². The number of hydrogen-bond donors (Lipinski definition) is 0. The second-order valence-electron chi connectivity index (χ2n) is 4.65. The van der Waals surface area contributed by atoms with Crippen LogP contribution in [0.1, 0.15) is 33.6 Å². The maximum Gasteiger partial charge on any atom is 0.333 e. The Bertz CT molecular complexity index is 233. The van der Waals surface area contributed by atoms with E-state index in [0.29, 0.717) is 5.92 Å². The molecule has 1 rings (SSSR count). The minimum Gasteiger partial charge on any atom is -0.466 e. The van der Waals surface area contributed by atoms with Crippen molar-refractivity contribution in [3.8, 4) is 0 Å². The van der Waals surface area contributed by atoms with Crippen LogP contribution in [0.5, 0.6) is 0 Å². The van der Waals surface area contributed by atoms with Crippen molar-refractivity contribution in [2.24, 2.45) is 11.3 Å². The predicted octanol–water partition coefficient (Wildman–Crippen LogP) is 2.54. The molecule has 1 aliphatic rings. The van der Waals surface area contributed by atoms with Gasteiger partial charge in [-0.1, -0.05) is 26.8 Å². The Morgan fingerprint density at radius 2 is 2.15 bits per heavy atom. The second kappa shape index (κ2) is 3.52. The third kappa shape index (κ3) is 2.11. The Hall–Kier alpha value is -0.790. The van der Waals surface area contributed by atoms with Crippen LogP contribution >= 0.6 is 0 Å². The first-order chi connectivity index (χ1) is 5.96. The van der Waals surface area contributed by atoms with Gasteiger partial charge in [0.2, 0.25) is 0 Å². The summed E-state index contributed by atoms with van der Waals surface area (Å²) < 4.78 is 4.75. The highest BCUT2D eigenvalue weighted by Gasteiger charge is 2.34. The molecule has 2 heteroatoms. The maximum atomic E-state index is 11.4. The highest BCUT2D eigenvalue weighted by atomic mass is 16.5. The number of esters is 1. The fourth-order valence-electron chi connectivity index (χ4n) is 1.95. The van der Waals surface area contributed by atoms with E-state index in [1.54, 1.807) is 0 Å². The number of rotatable bonds is 1. The minimum absolute atomic E-state index is 0.155. The highest BCUT2D eigenvalue weighted by molar-refractivity contribution is 5.89. The summed E-state index contributed by atoms with van der Waals surface area (Å²) in [7, 11) is 1.45. The number of hydrogen-bond acceptors (Lipinski definition) is 2. The van der Waals surface area contributed by atoms with E-state index in [4.69, 9.17) is 4.74 Å². The van der Waals surface area contributed by atoms with Gasteiger partial charge in [-0.15, -0.1) is 0 Å². The first-order valence-electron chi connectivity index (χ1n) is 4.75. The van der Waals surface area contributed by atoms with E-state index < -0.39 is 0 Å². The summed E-state index contributed by atoms with van der Waals surface area (Å²) in [5, 5.41) is 0. The first-order valence-corrected chi connectivity index (χ1v) is 4.75. The molecule has 2 nitrogen and oxygen atoms in total. The van der Waals surface area contributed by atoms with Gasteiger partial charge >= 0.3 is 5.97 Å². The summed E-state index contributed by atoms with van der Waals surface area (Å²) in [6.07, 6.45) is 4.10. The lowest BCUT2D eigenvalue weighted by molar-refractivity contribution is -0.137. The van der Waals surface area contributed by atoms with Crippen molar-refractivity contribution in [1.82, 2.24) is 0 Å². The maximum absolute atomic E-state index is 11.4. The molecule has 0 heterocycles. The Balaban J connectivity index is 2.80. The van der Waals surface area contributed by atoms with E-state index >= 15 is 0 Å². The number of carbonyl (C=O) groups is 1. The van der Waals surface area contributed by atoms with Gasteiger partial charge in [-0.2, -0.15) is 0 Å². The molecule has 0 saturated carbocycles. The molecule has 74 valence electrons. The summed E-state index contributed by atoms with van der Waals surface area (Å²) in [6.45, 7) is 6.50. The summed E-state index contributed by atoms with van der Waals surface area (Å²) >= 11 is 0. The van der Waals surface area contributed by atoms with Crippen molar-refractivity contribution < 1.29 is 9.53 Å². The largest absolute Gasteiger partial charge is 0.466 e. The van der Waals surface area contributed by atoms with E-state index in [1.807, 2.05) is 6.08 Å². The standard InChI is InChI=1S/C11H18O2/c1-11(2,3)9-7-5-6-8(9)10(12)13-4/h6,9H,5,7H2,1-4H3/t9-/m1/s1. The van der Waals surface area contributed by atoms with Gasteiger partial charge in [-0.05, 0) is 24.2 Å². The van der Waals surface area contributed by atoms with Gasteiger partial charge in [-0.3, -0.25) is 0 Å². The topological polar surface area (TPSA) is 26.3 Å². The molecule has 1 atom stereocenters. The van der Waals surface area contributed by atoms with Crippen LogP contribution in [0.2, 0.25) is 0 Å². The Kier molecular flexibility index (Phi) is 2.79. The zero-order chi connectivity index (χ0) is 10.1. The molecule has 0 saturated heterocycles. The van der Waals surface area contributed by atoms with Crippen LogP contribution in [0.25, 0.3) is 0 Å². The molecule has 0 unspecified atom stereocenters. The molecule has 0 amide bonds. The normalized spacial score (nSPS) is 22.8. The third-order valence-electron chi connectivity index (χ3n) is 2.66. The van der Waals surface area contributed by atoms with Crippen molar-refractivity contribution >= 4 is 5.97 Å². The molecule has 0 spiro atoms. The van der Waals surface area contributed by atoms with Crippen molar-refractivity contribution in [2.45, 2.75) is 33.6 Å². The van der Waals surface area contributed by atoms with Crippen LogP contribution in [-0.4, -0.2) is 13.1 Å². The van der Waals surface area contributed by atoms with Crippen molar-refractivity contribution in [2.75, 3.05) is 7.11 Å². The molecular formula is C11H18O2. The van der Waals surface area contributed by atoms with Gasteiger partial charge in [0.05, 0.1) is 7.11 Å². The van der Waals surface area contributed by atoms with E-state index in [9.17, 15) is 4.79 Å². The Labute approximate surface area is 80.0 Å². The van der Waals surface area contributed by atoms with Crippen LogP contribution < -0.4 is 0 Å². The van der Waals surface area contributed by atoms with Gasteiger partial charge < -0.3 is 4.74 Å². The molecule has 0 aromatic carbocycles. The summed E-state index contributed by atoms with van der Waals surface area (Å²) in [6, 6.07) is 0. The fourth-order valence-corrected chi connectivity index (χ4v) is 1.95. The lowest BCUT2D eigenvalue weighted by Gasteiger charge is -2.28. The first kappa shape index (κ1) is 10.3. The minimum atomic E-state index is -0.155. The molecule has 1 aliphatic carbocycles. The quantitative estimate of drug-likeness (QED) is 0.582. The third-order valence-corrected chi connectivity index (χ3v) is 2.66. The lowest BCUT2D eigenvalue weighted by atomic mass is 9.77. The van der Waals surface area contributed by atoms with E-state index in [-0.39, 0.29) is 11.4 Å². The van der Waals surface area contributed by atoms with Crippen LogP contribution in [0.3, 0.4) is 0 Å². The molecule has 0 aliphatic heterocycles. The lowest BCUT2D eigenvalue weighted by Crippen LogP contribution is -2.24. The van der Waals surface area contributed by atoms with E-state index in [1.165, 1.54) is 7.11 Å². The van der Waals surface area contributed by atoms with Gasteiger partial charge in [0.15, 0.2) is 0 Å². The van der Waals surface area contributed by atoms with Crippen LogP contribution in [0.15, 0.2) is 11.6 Å². The van der Waals surface area contributed by atoms with Crippen molar-refractivity contribution in [1.29, 1.82) is 0 Å². The molecule has 0 aromatic rings. The number of allylic oxidation sites excluding steroid dienone is 1. The van der Waals surface area contributed by atoms with Crippen molar-refractivity contribution in [3.05, 3.63) is 11.6 Å². The SMILES string of the molecule is COC(=O)C1=CCC[C@H]1C(C)(C)C. The molecule has 0 N–H and O–H groups in total. The number of methoxy groups -OCH3 is 1. The zero-order valence-electron chi connectivity index (χ0n) is 8.89. The molecule has 0 aromatic heterocycles. The van der Waals surface area contributed by atoms with Gasteiger partial charge in [-0.25, -0.2) is 4.79 Å². The summed E-state index contributed by atoms with van der Waals surface area (Å²) in [4.78, 5) is 11.4. The van der Waals surface area contributed by atoms with Gasteiger partial charge in [0, 0.05) is 5.57 Å². The summed E-state index contributed by atoms with van der Waals surface area (Å²) in [5.41, 5.74) is 1.03. The number of carbonyl (C=O) groups excluding carboxylic acids is 1. The molecule has 0 bridgehead atoms. The molecule has 13 heavy (non-hydrogen) atoms. The molecule has 0 radical (unpaired) electrons.